The van der Waals surface area contributed by atoms with Crippen LogP contribution < -0.4 is 0 Å². The molecule has 0 saturated carbocycles. The van der Waals surface area contributed by atoms with E-state index in [1.54, 1.807) is 6.07 Å². The second-order valence-corrected chi connectivity index (χ2v) is 4.36. The van der Waals surface area contributed by atoms with Gasteiger partial charge in [-0.1, -0.05) is 0 Å². The number of benzene rings is 1. The molecule has 0 N–H and O–H groups in total. The van der Waals surface area contributed by atoms with Gasteiger partial charge < -0.3 is 0 Å². The SMILES string of the molecule is CSc1cc(F)c2c(F)csc2c1. The average molecular weight is 216 g/mol. The van der Waals surface area contributed by atoms with Crippen molar-refractivity contribution in [2.24, 2.45) is 0 Å². The van der Waals surface area contributed by atoms with Crippen molar-refractivity contribution in [1.82, 2.24) is 0 Å². The van der Waals surface area contributed by atoms with Crippen molar-refractivity contribution in [3.63, 3.8) is 0 Å². The lowest BCUT2D eigenvalue weighted by Gasteiger charge is -1.97. The van der Waals surface area contributed by atoms with Gasteiger partial charge in [0, 0.05) is 15.0 Å². The predicted octanol–water partition coefficient (Wildman–Crippen LogP) is 3.90. The van der Waals surface area contributed by atoms with Crippen LogP contribution in [0.4, 0.5) is 8.78 Å². The minimum Gasteiger partial charge on any atom is -0.206 e. The summed E-state index contributed by atoms with van der Waals surface area (Å²) >= 11 is 2.68. The summed E-state index contributed by atoms with van der Waals surface area (Å²) in [5.41, 5.74) is 0. The lowest BCUT2D eigenvalue weighted by atomic mass is 10.2. The molecule has 0 aliphatic rings. The number of hydrogen-bond acceptors (Lipinski definition) is 2. The Bertz CT molecular complexity index is 448. The van der Waals surface area contributed by atoms with Crippen LogP contribution in [0.3, 0.4) is 0 Å². The zero-order valence-electron chi connectivity index (χ0n) is 6.80. The first-order chi connectivity index (χ1) is 6.22. The van der Waals surface area contributed by atoms with E-state index in [1.807, 2.05) is 6.26 Å². The highest BCUT2D eigenvalue weighted by atomic mass is 32.2. The average Bonchev–Trinajstić information content (AvgIpc) is 2.48. The fourth-order valence-electron chi connectivity index (χ4n) is 1.17. The molecule has 0 aliphatic heterocycles. The third-order valence-corrected chi connectivity index (χ3v) is 3.40. The zero-order valence-corrected chi connectivity index (χ0v) is 8.44. The minimum absolute atomic E-state index is 0.114. The first-order valence-electron chi connectivity index (χ1n) is 3.62. The third-order valence-electron chi connectivity index (χ3n) is 1.79. The molecule has 68 valence electrons. The van der Waals surface area contributed by atoms with E-state index in [1.165, 1.54) is 34.5 Å². The van der Waals surface area contributed by atoms with Gasteiger partial charge in [-0.25, -0.2) is 8.78 Å². The molecule has 1 aromatic carbocycles. The molecule has 13 heavy (non-hydrogen) atoms. The van der Waals surface area contributed by atoms with Gasteiger partial charge in [-0.3, -0.25) is 0 Å². The molecule has 0 radical (unpaired) electrons. The maximum Gasteiger partial charge on any atom is 0.144 e. The molecule has 0 unspecified atom stereocenters. The van der Waals surface area contributed by atoms with Gasteiger partial charge in [0.05, 0.1) is 5.39 Å². The van der Waals surface area contributed by atoms with E-state index in [-0.39, 0.29) is 5.39 Å². The van der Waals surface area contributed by atoms with E-state index >= 15 is 0 Å². The Morgan fingerprint density at radius 3 is 2.69 bits per heavy atom. The summed E-state index contributed by atoms with van der Waals surface area (Å²) in [7, 11) is 0. The van der Waals surface area contributed by atoms with Gasteiger partial charge in [-0.05, 0) is 18.4 Å². The molecule has 1 aromatic heterocycles. The lowest BCUT2D eigenvalue weighted by Crippen LogP contribution is -1.79. The molecule has 0 saturated heterocycles. The van der Waals surface area contributed by atoms with Crippen molar-refractivity contribution in [2.75, 3.05) is 6.26 Å². The van der Waals surface area contributed by atoms with E-state index in [9.17, 15) is 8.78 Å². The van der Waals surface area contributed by atoms with Crippen molar-refractivity contribution in [2.45, 2.75) is 4.90 Å². The number of fused-ring (bicyclic) bond motifs is 1. The first kappa shape index (κ1) is 8.97. The zero-order chi connectivity index (χ0) is 9.42. The molecule has 0 spiro atoms. The number of thiophene rings is 1. The summed E-state index contributed by atoms with van der Waals surface area (Å²) in [5.74, 6) is -0.939. The maximum absolute atomic E-state index is 13.3. The largest absolute Gasteiger partial charge is 0.206 e. The molecule has 0 atom stereocenters. The maximum atomic E-state index is 13.3. The van der Waals surface area contributed by atoms with Crippen LogP contribution in [0.25, 0.3) is 10.1 Å². The van der Waals surface area contributed by atoms with Crippen LogP contribution >= 0.6 is 23.1 Å². The Labute approximate surface area is 82.6 Å². The molecule has 0 nitrogen and oxygen atoms in total. The molecule has 0 amide bonds. The third kappa shape index (κ3) is 1.44. The second-order valence-electron chi connectivity index (χ2n) is 2.57. The molecular weight excluding hydrogens is 210 g/mol. The molecule has 2 aromatic rings. The van der Waals surface area contributed by atoms with E-state index in [0.29, 0.717) is 4.70 Å². The normalized spacial score (nSPS) is 11.0. The lowest BCUT2D eigenvalue weighted by molar-refractivity contribution is 0.609. The summed E-state index contributed by atoms with van der Waals surface area (Å²) < 4.78 is 27.0. The summed E-state index contributed by atoms with van der Waals surface area (Å²) in [5, 5.41) is 1.44. The van der Waals surface area contributed by atoms with Crippen molar-refractivity contribution in [3.05, 3.63) is 29.1 Å². The van der Waals surface area contributed by atoms with Gasteiger partial charge in [0.25, 0.3) is 0 Å². The van der Waals surface area contributed by atoms with Gasteiger partial charge in [-0.15, -0.1) is 23.1 Å². The van der Waals surface area contributed by atoms with Crippen LogP contribution in [0.5, 0.6) is 0 Å². The molecule has 4 heteroatoms. The summed E-state index contributed by atoms with van der Waals surface area (Å²) in [4.78, 5) is 0.826. The van der Waals surface area contributed by atoms with Gasteiger partial charge in [-0.2, -0.15) is 0 Å². The van der Waals surface area contributed by atoms with Crippen LogP contribution in [0, 0.1) is 11.6 Å². The standard InChI is InChI=1S/C9H6F2S2/c1-12-5-2-6(10)9-7(11)4-13-8(9)3-5/h2-4H,1H3. The number of thioether (sulfide) groups is 1. The molecule has 0 aliphatic carbocycles. The van der Waals surface area contributed by atoms with Crippen molar-refractivity contribution in [1.29, 1.82) is 0 Å². The minimum atomic E-state index is -0.472. The summed E-state index contributed by atoms with van der Waals surface area (Å²) in [6, 6.07) is 3.17. The van der Waals surface area contributed by atoms with Crippen LogP contribution in [0.15, 0.2) is 22.4 Å². The van der Waals surface area contributed by atoms with Crippen molar-refractivity contribution in [3.8, 4) is 0 Å². The molecule has 2 rings (SSSR count). The predicted molar refractivity (Wildman–Crippen MR) is 53.5 cm³/mol. The van der Waals surface area contributed by atoms with Gasteiger partial charge in [0.2, 0.25) is 0 Å². The molecule has 0 bridgehead atoms. The topological polar surface area (TPSA) is 0 Å². The van der Waals surface area contributed by atoms with E-state index in [2.05, 4.69) is 0 Å². The van der Waals surface area contributed by atoms with E-state index < -0.39 is 11.6 Å². The van der Waals surface area contributed by atoms with Gasteiger partial charge >= 0.3 is 0 Å². The van der Waals surface area contributed by atoms with Gasteiger partial charge in [0.15, 0.2) is 0 Å². The number of halogens is 2. The highest BCUT2D eigenvalue weighted by molar-refractivity contribution is 7.98. The number of rotatable bonds is 1. The molecule has 0 fully saturated rings. The number of hydrogen-bond donors (Lipinski definition) is 0. The smallest absolute Gasteiger partial charge is 0.144 e. The monoisotopic (exact) mass is 216 g/mol. The Morgan fingerprint density at radius 1 is 1.23 bits per heavy atom. The van der Waals surface area contributed by atoms with Crippen LogP contribution in [-0.2, 0) is 0 Å². The summed E-state index contributed by atoms with van der Waals surface area (Å²) in [6.07, 6.45) is 1.87. The van der Waals surface area contributed by atoms with Crippen LogP contribution in [0.2, 0.25) is 0 Å². The Hall–Kier alpha value is -0.610. The Kier molecular flexibility index (Phi) is 2.26. The van der Waals surface area contributed by atoms with Gasteiger partial charge in [0.1, 0.15) is 11.6 Å². The summed E-state index contributed by atoms with van der Waals surface area (Å²) in [6.45, 7) is 0. The fraction of sp³-hybridized carbons (Fsp3) is 0.111. The second kappa shape index (κ2) is 3.27. The quantitative estimate of drug-likeness (QED) is 0.651. The van der Waals surface area contributed by atoms with Crippen LogP contribution in [-0.4, -0.2) is 6.26 Å². The highest BCUT2D eigenvalue weighted by Crippen LogP contribution is 2.31. The molecular formula is C9H6F2S2. The van der Waals surface area contributed by atoms with Crippen LogP contribution in [0.1, 0.15) is 0 Å². The fourth-order valence-corrected chi connectivity index (χ4v) is 2.56. The molecule has 1 heterocycles. The Morgan fingerprint density at radius 2 is 2.00 bits per heavy atom. The van der Waals surface area contributed by atoms with Crippen molar-refractivity contribution >= 4 is 33.2 Å². The first-order valence-corrected chi connectivity index (χ1v) is 5.73. The van der Waals surface area contributed by atoms with Crippen molar-refractivity contribution < 1.29 is 8.78 Å². The van der Waals surface area contributed by atoms with E-state index in [0.717, 1.165) is 4.90 Å². The Balaban J connectivity index is 2.79. The van der Waals surface area contributed by atoms with E-state index in [4.69, 9.17) is 0 Å². The highest BCUT2D eigenvalue weighted by Gasteiger charge is 2.09.